The third kappa shape index (κ3) is 2.59. The summed E-state index contributed by atoms with van der Waals surface area (Å²) in [5.74, 6) is 0.904. The van der Waals surface area contributed by atoms with Crippen LogP contribution in [0.2, 0.25) is 0 Å². The number of anilines is 1. The van der Waals surface area contributed by atoms with Crippen molar-refractivity contribution in [2.45, 2.75) is 13.5 Å². The van der Waals surface area contributed by atoms with Gasteiger partial charge in [-0.1, -0.05) is 6.92 Å². The van der Waals surface area contributed by atoms with Crippen molar-refractivity contribution in [1.82, 2.24) is 4.90 Å². The van der Waals surface area contributed by atoms with Gasteiger partial charge in [0.1, 0.15) is 0 Å². The molecule has 2 rings (SSSR count). The van der Waals surface area contributed by atoms with Gasteiger partial charge in [0.2, 0.25) is 0 Å². The lowest BCUT2D eigenvalue weighted by atomic mass is 10.1. The Morgan fingerprint density at radius 3 is 2.89 bits per heavy atom. The van der Waals surface area contributed by atoms with Crippen LogP contribution in [0.3, 0.4) is 0 Å². The average molecular weight is 267 g/mol. The quantitative estimate of drug-likeness (QED) is 0.619. The van der Waals surface area contributed by atoms with E-state index < -0.39 is 0 Å². The second kappa shape index (κ2) is 5.58. The molecule has 0 atom stereocenters. The number of fused-ring (bicyclic) bond motifs is 1. The maximum Gasteiger partial charge on any atom is 0.269 e. The molecule has 6 heteroatoms. The van der Waals surface area contributed by atoms with Crippen LogP contribution in [0.15, 0.2) is 18.2 Å². The van der Waals surface area contributed by atoms with Gasteiger partial charge in [0.25, 0.3) is 5.69 Å². The molecule has 1 aromatic carbocycles. The zero-order valence-electron chi connectivity index (χ0n) is 10.6. The van der Waals surface area contributed by atoms with Gasteiger partial charge in [-0.3, -0.25) is 15.0 Å². The van der Waals surface area contributed by atoms with Gasteiger partial charge in [-0.05, 0) is 24.4 Å². The van der Waals surface area contributed by atoms with E-state index in [9.17, 15) is 10.1 Å². The lowest BCUT2D eigenvalue weighted by Gasteiger charge is -2.37. The number of hydrogen-bond donors (Lipinski definition) is 0. The highest BCUT2D eigenvalue weighted by Crippen LogP contribution is 2.31. The van der Waals surface area contributed by atoms with Crippen LogP contribution in [0.25, 0.3) is 0 Å². The molecular weight excluding hydrogens is 250 g/mol. The molecule has 1 aromatic rings. The number of nitro groups is 1. The zero-order chi connectivity index (χ0) is 13.1. The van der Waals surface area contributed by atoms with Crippen LogP contribution >= 0.6 is 11.8 Å². The SMILES string of the molecule is CCN1Cc2cc([N+](=O)[O-])ccc2N(CSC)C1. The maximum absolute atomic E-state index is 10.8. The summed E-state index contributed by atoms with van der Waals surface area (Å²) in [6.45, 7) is 4.74. The molecule has 0 saturated carbocycles. The largest absolute Gasteiger partial charge is 0.349 e. The molecule has 5 nitrogen and oxygen atoms in total. The summed E-state index contributed by atoms with van der Waals surface area (Å²) in [7, 11) is 0. The molecule has 18 heavy (non-hydrogen) atoms. The number of hydrogen-bond acceptors (Lipinski definition) is 5. The Kier molecular flexibility index (Phi) is 4.08. The molecule has 98 valence electrons. The van der Waals surface area contributed by atoms with Gasteiger partial charge >= 0.3 is 0 Å². The van der Waals surface area contributed by atoms with Crippen LogP contribution in [-0.4, -0.2) is 35.2 Å². The fourth-order valence-electron chi connectivity index (χ4n) is 2.21. The van der Waals surface area contributed by atoms with Crippen LogP contribution in [0.4, 0.5) is 11.4 Å². The Morgan fingerprint density at radius 2 is 2.28 bits per heavy atom. The molecule has 0 amide bonds. The first-order valence-corrected chi connectivity index (χ1v) is 7.28. The van der Waals surface area contributed by atoms with Crippen LogP contribution in [0, 0.1) is 10.1 Å². The van der Waals surface area contributed by atoms with E-state index in [0.717, 1.165) is 36.9 Å². The van der Waals surface area contributed by atoms with Crippen molar-refractivity contribution in [2.24, 2.45) is 0 Å². The van der Waals surface area contributed by atoms with E-state index in [1.165, 1.54) is 0 Å². The Labute approximate surface area is 111 Å². The lowest BCUT2D eigenvalue weighted by Crippen LogP contribution is -2.41. The Bertz CT molecular complexity index is 453. The van der Waals surface area contributed by atoms with E-state index in [1.807, 2.05) is 6.07 Å². The molecule has 0 fully saturated rings. The number of nitrogens with zero attached hydrogens (tertiary/aromatic N) is 3. The summed E-state index contributed by atoms with van der Waals surface area (Å²) in [6.07, 6.45) is 2.07. The Hall–Kier alpha value is -1.27. The van der Waals surface area contributed by atoms with Gasteiger partial charge < -0.3 is 4.90 Å². The third-order valence-corrected chi connectivity index (χ3v) is 3.68. The Balaban J connectivity index is 2.35. The van der Waals surface area contributed by atoms with E-state index >= 15 is 0 Å². The van der Waals surface area contributed by atoms with Crippen LogP contribution < -0.4 is 4.90 Å². The fourth-order valence-corrected chi connectivity index (χ4v) is 2.74. The van der Waals surface area contributed by atoms with Gasteiger partial charge in [0, 0.05) is 24.4 Å². The van der Waals surface area contributed by atoms with Crippen molar-refractivity contribution in [3.8, 4) is 0 Å². The summed E-state index contributed by atoms with van der Waals surface area (Å²) < 4.78 is 0. The first-order chi connectivity index (χ1) is 8.65. The second-order valence-electron chi connectivity index (χ2n) is 4.31. The Morgan fingerprint density at radius 1 is 1.50 bits per heavy atom. The second-order valence-corrected chi connectivity index (χ2v) is 5.15. The molecule has 0 saturated heterocycles. The normalized spacial score (nSPS) is 15.6. The number of rotatable bonds is 4. The monoisotopic (exact) mass is 267 g/mol. The molecule has 1 aliphatic rings. The molecule has 1 heterocycles. The molecular formula is C12H17N3O2S. The molecule has 0 N–H and O–H groups in total. The van der Waals surface area contributed by atoms with Crippen molar-refractivity contribution in [3.63, 3.8) is 0 Å². The summed E-state index contributed by atoms with van der Waals surface area (Å²) in [5.41, 5.74) is 2.35. The number of non-ortho nitro benzene ring substituents is 1. The van der Waals surface area contributed by atoms with E-state index in [-0.39, 0.29) is 10.6 Å². The van der Waals surface area contributed by atoms with Crippen molar-refractivity contribution in [3.05, 3.63) is 33.9 Å². The fraction of sp³-hybridized carbons (Fsp3) is 0.500. The van der Waals surface area contributed by atoms with E-state index in [2.05, 4.69) is 23.0 Å². The summed E-state index contributed by atoms with van der Waals surface area (Å²) in [5, 5.41) is 10.8. The predicted octanol–water partition coefficient (Wildman–Crippen LogP) is 2.51. The zero-order valence-corrected chi connectivity index (χ0v) is 11.4. The minimum Gasteiger partial charge on any atom is -0.349 e. The highest BCUT2D eigenvalue weighted by Gasteiger charge is 2.23. The van der Waals surface area contributed by atoms with Crippen molar-refractivity contribution in [1.29, 1.82) is 0 Å². The van der Waals surface area contributed by atoms with Gasteiger partial charge in [0.15, 0.2) is 0 Å². The van der Waals surface area contributed by atoms with E-state index in [4.69, 9.17) is 0 Å². The molecule has 0 aliphatic carbocycles. The number of thioether (sulfide) groups is 1. The number of benzene rings is 1. The lowest BCUT2D eigenvalue weighted by molar-refractivity contribution is -0.384. The van der Waals surface area contributed by atoms with Gasteiger partial charge in [-0.25, -0.2) is 0 Å². The molecule has 0 bridgehead atoms. The smallest absolute Gasteiger partial charge is 0.269 e. The maximum atomic E-state index is 10.8. The van der Waals surface area contributed by atoms with Gasteiger partial charge in [-0.2, -0.15) is 0 Å². The predicted molar refractivity (Wildman–Crippen MR) is 74.9 cm³/mol. The topological polar surface area (TPSA) is 49.6 Å². The average Bonchev–Trinajstić information content (AvgIpc) is 2.38. The molecule has 0 unspecified atom stereocenters. The third-order valence-electron chi connectivity index (χ3n) is 3.11. The summed E-state index contributed by atoms with van der Waals surface area (Å²) >= 11 is 1.76. The van der Waals surface area contributed by atoms with Gasteiger partial charge in [-0.15, -0.1) is 11.8 Å². The van der Waals surface area contributed by atoms with E-state index in [1.54, 1.807) is 23.9 Å². The van der Waals surface area contributed by atoms with Gasteiger partial charge in [0.05, 0.1) is 17.5 Å². The highest BCUT2D eigenvalue weighted by molar-refractivity contribution is 7.98. The summed E-state index contributed by atoms with van der Waals surface area (Å²) in [6, 6.07) is 5.16. The summed E-state index contributed by atoms with van der Waals surface area (Å²) in [4.78, 5) is 15.0. The molecule has 1 aliphatic heterocycles. The standard InChI is InChI=1S/C12H17N3O2S/c1-3-13-7-10-6-11(15(16)17)4-5-12(10)14(8-13)9-18-2/h4-6H,3,7-9H2,1-2H3. The highest BCUT2D eigenvalue weighted by atomic mass is 32.2. The van der Waals surface area contributed by atoms with Crippen molar-refractivity contribution >= 4 is 23.1 Å². The minimum atomic E-state index is -0.329. The molecule has 0 radical (unpaired) electrons. The van der Waals surface area contributed by atoms with Crippen LogP contribution in [-0.2, 0) is 6.54 Å². The van der Waals surface area contributed by atoms with Crippen LogP contribution in [0.1, 0.15) is 12.5 Å². The first kappa shape index (κ1) is 13.2. The first-order valence-electron chi connectivity index (χ1n) is 5.89. The number of nitro benzene ring substituents is 1. The van der Waals surface area contributed by atoms with Crippen molar-refractivity contribution < 1.29 is 4.92 Å². The van der Waals surface area contributed by atoms with Crippen molar-refractivity contribution in [2.75, 3.05) is 30.2 Å². The molecule has 0 aromatic heterocycles. The van der Waals surface area contributed by atoms with Crippen LogP contribution in [0.5, 0.6) is 0 Å². The molecule has 0 spiro atoms. The minimum absolute atomic E-state index is 0.177. The van der Waals surface area contributed by atoms with E-state index in [0.29, 0.717) is 0 Å².